The number of hydrogen-bond donors (Lipinski definition) is 1. The van der Waals surface area contributed by atoms with E-state index in [2.05, 4.69) is 10.1 Å². The number of rotatable bonds is 8. The summed E-state index contributed by atoms with van der Waals surface area (Å²) in [5.74, 6) is -1.42. The van der Waals surface area contributed by atoms with E-state index in [1.165, 1.54) is 32.2 Å². The van der Waals surface area contributed by atoms with Crippen LogP contribution in [-0.2, 0) is 9.53 Å². The Morgan fingerprint density at radius 3 is 2.52 bits per heavy atom. The van der Waals surface area contributed by atoms with Gasteiger partial charge in [0.1, 0.15) is 0 Å². The lowest BCUT2D eigenvalue weighted by molar-refractivity contribution is -0.129. The topological polar surface area (TPSA) is 73.9 Å². The van der Waals surface area contributed by atoms with Crippen molar-refractivity contribution in [3.8, 4) is 11.5 Å². The first-order valence-corrected chi connectivity index (χ1v) is 7.00. The van der Waals surface area contributed by atoms with Gasteiger partial charge in [0.15, 0.2) is 17.6 Å². The lowest BCUT2D eigenvalue weighted by atomic mass is 10.2. The van der Waals surface area contributed by atoms with E-state index in [9.17, 15) is 18.4 Å². The van der Waals surface area contributed by atoms with E-state index < -0.39 is 24.6 Å². The number of carbonyl (C=O) groups excluding carboxylic acids is 2. The molecule has 0 heterocycles. The van der Waals surface area contributed by atoms with Crippen molar-refractivity contribution in [2.24, 2.45) is 0 Å². The molecule has 0 aromatic heterocycles. The Morgan fingerprint density at radius 2 is 1.96 bits per heavy atom. The molecule has 0 aliphatic rings. The van der Waals surface area contributed by atoms with Crippen LogP contribution in [0, 0.1) is 0 Å². The Morgan fingerprint density at radius 1 is 1.26 bits per heavy atom. The van der Waals surface area contributed by atoms with Crippen LogP contribution in [0.25, 0.3) is 0 Å². The van der Waals surface area contributed by atoms with E-state index in [1.54, 1.807) is 0 Å². The average Bonchev–Trinajstić information content (AvgIpc) is 2.52. The third kappa shape index (κ3) is 5.72. The first-order valence-electron chi connectivity index (χ1n) is 7.00. The van der Waals surface area contributed by atoms with Crippen molar-refractivity contribution >= 4 is 11.9 Å². The van der Waals surface area contributed by atoms with Crippen LogP contribution >= 0.6 is 0 Å². The molecule has 0 aliphatic carbocycles. The number of benzene rings is 1. The number of carbonyl (C=O) groups is 2. The molecule has 0 saturated carbocycles. The largest absolute Gasteiger partial charge is 0.493 e. The zero-order valence-corrected chi connectivity index (χ0v) is 13.1. The maximum absolute atomic E-state index is 12.2. The lowest BCUT2D eigenvalue weighted by Gasteiger charge is -2.14. The maximum atomic E-state index is 12.2. The molecule has 0 radical (unpaired) electrons. The Labute approximate surface area is 132 Å². The van der Waals surface area contributed by atoms with Gasteiger partial charge in [0.2, 0.25) is 0 Å². The average molecular weight is 331 g/mol. The molecule has 1 amide bonds. The molecule has 1 N–H and O–H groups in total. The smallest absolute Gasteiger partial charge is 0.387 e. The predicted molar refractivity (Wildman–Crippen MR) is 77.8 cm³/mol. The minimum atomic E-state index is -3.01. The van der Waals surface area contributed by atoms with Crippen LogP contribution in [-0.4, -0.2) is 38.2 Å². The molecule has 128 valence electrons. The third-order valence-corrected chi connectivity index (χ3v) is 2.82. The van der Waals surface area contributed by atoms with E-state index in [1.807, 2.05) is 6.92 Å². The van der Waals surface area contributed by atoms with Gasteiger partial charge in [-0.1, -0.05) is 6.92 Å². The highest BCUT2D eigenvalue weighted by Gasteiger charge is 2.20. The molecule has 0 bridgehead atoms. The lowest BCUT2D eigenvalue weighted by Crippen LogP contribution is -2.36. The summed E-state index contributed by atoms with van der Waals surface area (Å²) in [7, 11) is 1.25. The number of ether oxygens (including phenoxy) is 3. The first-order chi connectivity index (χ1) is 10.9. The van der Waals surface area contributed by atoms with Crippen LogP contribution < -0.4 is 14.8 Å². The summed E-state index contributed by atoms with van der Waals surface area (Å²) in [5.41, 5.74) is 0.0543. The standard InChI is InChI=1S/C15H19F2NO5/c1-4-7-18-13(19)9(2)22-14(20)10-5-6-11(23-15(16)17)12(8-10)21-3/h5-6,8-9,15H,4,7H2,1-3H3,(H,18,19)/t9-/m1/s1. The van der Waals surface area contributed by atoms with Gasteiger partial charge in [-0.2, -0.15) is 8.78 Å². The predicted octanol–water partition coefficient (Wildman–Crippen LogP) is 2.37. The summed E-state index contributed by atoms with van der Waals surface area (Å²) in [6, 6.07) is 3.62. The van der Waals surface area contributed by atoms with Gasteiger partial charge in [0.25, 0.3) is 5.91 Å². The fourth-order valence-corrected chi connectivity index (χ4v) is 1.66. The molecule has 0 aliphatic heterocycles. The van der Waals surface area contributed by atoms with Crippen molar-refractivity contribution in [1.82, 2.24) is 5.32 Å². The molecule has 6 nitrogen and oxygen atoms in total. The summed E-state index contributed by atoms with van der Waals surface area (Å²) in [5, 5.41) is 2.60. The molecule has 1 aromatic rings. The number of amides is 1. The summed E-state index contributed by atoms with van der Waals surface area (Å²) in [6.45, 7) is 0.804. The van der Waals surface area contributed by atoms with Crippen LogP contribution in [0.1, 0.15) is 30.6 Å². The maximum Gasteiger partial charge on any atom is 0.387 e. The van der Waals surface area contributed by atoms with Crippen LogP contribution in [0.4, 0.5) is 8.78 Å². The van der Waals surface area contributed by atoms with Gasteiger partial charge < -0.3 is 19.5 Å². The Bertz CT molecular complexity index is 551. The second-order valence-corrected chi connectivity index (χ2v) is 4.58. The van der Waals surface area contributed by atoms with Gasteiger partial charge in [-0.3, -0.25) is 4.79 Å². The van der Waals surface area contributed by atoms with E-state index in [-0.39, 0.29) is 17.1 Å². The van der Waals surface area contributed by atoms with Gasteiger partial charge in [-0.15, -0.1) is 0 Å². The molecule has 0 fully saturated rings. The van der Waals surface area contributed by atoms with Crippen molar-refractivity contribution in [3.05, 3.63) is 23.8 Å². The summed E-state index contributed by atoms with van der Waals surface area (Å²) < 4.78 is 38.7. The monoisotopic (exact) mass is 331 g/mol. The molecular weight excluding hydrogens is 312 g/mol. The summed E-state index contributed by atoms with van der Waals surface area (Å²) in [6.07, 6.45) is -0.216. The zero-order chi connectivity index (χ0) is 17.4. The Kier molecular flexibility index (Phi) is 7.24. The highest BCUT2D eigenvalue weighted by Crippen LogP contribution is 2.29. The van der Waals surface area contributed by atoms with Crippen molar-refractivity contribution < 1.29 is 32.6 Å². The fraction of sp³-hybridized carbons (Fsp3) is 0.467. The molecule has 0 saturated heterocycles. The number of hydrogen-bond acceptors (Lipinski definition) is 5. The number of halogens is 2. The molecular formula is C15H19F2NO5. The molecule has 1 atom stereocenters. The summed E-state index contributed by atoms with van der Waals surface area (Å²) in [4.78, 5) is 23.6. The minimum Gasteiger partial charge on any atom is -0.493 e. The van der Waals surface area contributed by atoms with Crippen molar-refractivity contribution in [2.75, 3.05) is 13.7 Å². The van der Waals surface area contributed by atoms with Crippen LogP contribution in [0.15, 0.2) is 18.2 Å². The number of methoxy groups -OCH3 is 1. The van der Waals surface area contributed by atoms with Gasteiger partial charge in [0.05, 0.1) is 12.7 Å². The van der Waals surface area contributed by atoms with Gasteiger partial charge in [-0.05, 0) is 31.5 Å². The van der Waals surface area contributed by atoms with Crippen LogP contribution in [0.2, 0.25) is 0 Å². The summed E-state index contributed by atoms with van der Waals surface area (Å²) >= 11 is 0. The highest BCUT2D eigenvalue weighted by molar-refractivity contribution is 5.92. The third-order valence-electron chi connectivity index (χ3n) is 2.82. The van der Waals surface area contributed by atoms with E-state index in [4.69, 9.17) is 9.47 Å². The van der Waals surface area contributed by atoms with Crippen molar-refractivity contribution in [3.63, 3.8) is 0 Å². The van der Waals surface area contributed by atoms with Crippen LogP contribution in [0.5, 0.6) is 11.5 Å². The van der Waals surface area contributed by atoms with E-state index in [0.29, 0.717) is 6.54 Å². The molecule has 1 aromatic carbocycles. The number of alkyl halides is 2. The van der Waals surface area contributed by atoms with Gasteiger partial charge in [0, 0.05) is 6.54 Å². The quantitative estimate of drug-likeness (QED) is 0.740. The molecule has 23 heavy (non-hydrogen) atoms. The van der Waals surface area contributed by atoms with Crippen LogP contribution in [0.3, 0.4) is 0 Å². The van der Waals surface area contributed by atoms with E-state index in [0.717, 1.165) is 6.42 Å². The molecule has 8 heteroatoms. The minimum absolute atomic E-state index is 0.0390. The van der Waals surface area contributed by atoms with Crippen molar-refractivity contribution in [2.45, 2.75) is 33.0 Å². The number of esters is 1. The molecule has 1 rings (SSSR count). The molecule has 0 unspecified atom stereocenters. The molecule has 0 spiro atoms. The highest BCUT2D eigenvalue weighted by atomic mass is 19.3. The van der Waals surface area contributed by atoms with Gasteiger partial charge >= 0.3 is 12.6 Å². The Balaban J connectivity index is 2.78. The second kappa shape index (κ2) is 8.92. The normalized spacial score (nSPS) is 11.7. The first kappa shape index (κ1) is 18.7. The number of nitrogens with one attached hydrogen (secondary N) is 1. The van der Waals surface area contributed by atoms with Crippen molar-refractivity contribution in [1.29, 1.82) is 0 Å². The second-order valence-electron chi connectivity index (χ2n) is 4.58. The van der Waals surface area contributed by atoms with E-state index >= 15 is 0 Å². The Hall–Kier alpha value is -2.38. The fourth-order valence-electron chi connectivity index (χ4n) is 1.66. The SMILES string of the molecule is CCCNC(=O)[C@@H](C)OC(=O)c1ccc(OC(F)F)c(OC)c1. The zero-order valence-electron chi connectivity index (χ0n) is 13.1. The van der Waals surface area contributed by atoms with Gasteiger partial charge in [-0.25, -0.2) is 4.79 Å².